The first-order valence-corrected chi connectivity index (χ1v) is 10.4. The van der Waals surface area contributed by atoms with E-state index in [0.29, 0.717) is 6.54 Å². The summed E-state index contributed by atoms with van der Waals surface area (Å²) in [6.45, 7) is 1.70. The number of carbonyl (C=O) groups is 2. The van der Waals surface area contributed by atoms with E-state index in [2.05, 4.69) is 15.4 Å². The van der Waals surface area contributed by atoms with Crippen molar-refractivity contribution in [3.05, 3.63) is 52.2 Å². The summed E-state index contributed by atoms with van der Waals surface area (Å²) in [6.07, 6.45) is 0.730. The van der Waals surface area contributed by atoms with Gasteiger partial charge >= 0.3 is 0 Å². The van der Waals surface area contributed by atoms with Crippen molar-refractivity contribution in [2.24, 2.45) is 0 Å². The van der Waals surface area contributed by atoms with Gasteiger partial charge in [-0.15, -0.1) is 11.3 Å². The van der Waals surface area contributed by atoms with Gasteiger partial charge in [-0.05, 0) is 36.9 Å². The second-order valence-electron chi connectivity index (χ2n) is 5.59. The zero-order chi connectivity index (χ0) is 19.0. The highest BCUT2D eigenvalue weighted by Gasteiger charge is 2.15. The number of sulfonamides is 1. The molecular formula is C17H21N3O4S2. The van der Waals surface area contributed by atoms with Gasteiger partial charge in [0, 0.05) is 11.4 Å². The highest BCUT2D eigenvalue weighted by atomic mass is 32.2. The SMILES string of the molecule is Cc1ccc(S(=O)(=O)NCC(=O)NCC(=O)NCCc2cccs2)cc1. The largest absolute Gasteiger partial charge is 0.354 e. The lowest BCUT2D eigenvalue weighted by Gasteiger charge is -2.08. The van der Waals surface area contributed by atoms with Crippen molar-refractivity contribution < 1.29 is 18.0 Å². The van der Waals surface area contributed by atoms with Crippen molar-refractivity contribution in [2.75, 3.05) is 19.6 Å². The van der Waals surface area contributed by atoms with E-state index in [0.717, 1.165) is 12.0 Å². The minimum absolute atomic E-state index is 0.0854. The molecule has 1 aromatic carbocycles. The van der Waals surface area contributed by atoms with Crippen LogP contribution in [-0.2, 0) is 26.0 Å². The van der Waals surface area contributed by atoms with E-state index in [1.165, 1.54) is 17.0 Å². The molecule has 1 heterocycles. The summed E-state index contributed by atoms with van der Waals surface area (Å²) in [4.78, 5) is 24.6. The molecule has 0 aliphatic carbocycles. The Balaban J connectivity index is 1.67. The fourth-order valence-corrected chi connectivity index (χ4v) is 3.74. The number of thiophene rings is 1. The van der Waals surface area contributed by atoms with Crippen LogP contribution in [0.1, 0.15) is 10.4 Å². The molecule has 0 aliphatic rings. The maximum Gasteiger partial charge on any atom is 0.241 e. The van der Waals surface area contributed by atoms with Crippen LogP contribution in [-0.4, -0.2) is 39.9 Å². The van der Waals surface area contributed by atoms with Crippen LogP contribution in [0.15, 0.2) is 46.7 Å². The summed E-state index contributed by atoms with van der Waals surface area (Å²) in [5, 5.41) is 7.05. The third-order valence-electron chi connectivity index (χ3n) is 3.47. The van der Waals surface area contributed by atoms with Crippen LogP contribution in [0.4, 0.5) is 0 Å². The molecule has 3 N–H and O–H groups in total. The molecule has 0 aliphatic heterocycles. The number of hydrogen-bond acceptors (Lipinski definition) is 5. The molecule has 2 rings (SSSR count). The van der Waals surface area contributed by atoms with Gasteiger partial charge in [0.25, 0.3) is 0 Å². The van der Waals surface area contributed by atoms with Gasteiger partial charge in [0.05, 0.1) is 18.0 Å². The molecule has 140 valence electrons. The molecule has 0 unspecified atom stereocenters. The molecule has 0 radical (unpaired) electrons. The highest BCUT2D eigenvalue weighted by Crippen LogP contribution is 2.09. The molecular weight excluding hydrogens is 374 g/mol. The number of nitrogens with one attached hydrogen (secondary N) is 3. The van der Waals surface area contributed by atoms with E-state index >= 15 is 0 Å². The molecule has 0 bridgehead atoms. The van der Waals surface area contributed by atoms with Crippen molar-refractivity contribution in [1.29, 1.82) is 0 Å². The Morgan fingerprint density at radius 2 is 1.69 bits per heavy atom. The van der Waals surface area contributed by atoms with Gasteiger partial charge in [-0.3, -0.25) is 9.59 Å². The molecule has 0 atom stereocenters. The second kappa shape index (κ2) is 9.46. The van der Waals surface area contributed by atoms with Crippen molar-refractivity contribution in [3.63, 3.8) is 0 Å². The zero-order valence-electron chi connectivity index (χ0n) is 14.3. The molecule has 0 saturated carbocycles. The number of hydrogen-bond donors (Lipinski definition) is 3. The minimum Gasteiger partial charge on any atom is -0.354 e. The average molecular weight is 396 g/mol. The fraction of sp³-hybridized carbons (Fsp3) is 0.294. The Kier molecular flexibility index (Phi) is 7.31. The van der Waals surface area contributed by atoms with Crippen LogP contribution < -0.4 is 15.4 Å². The standard InChI is InChI=1S/C17H21N3O4S2/c1-13-4-6-15(7-5-13)26(23,24)20-12-17(22)19-11-16(21)18-9-8-14-3-2-10-25-14/h2-7,10,20H,8-9,11-12H2,1H3,(H,18,21)(H,19,22). The van der Waals surface area contributed by atoms with E-state index < -0.39 is 22.5 Å². The van der Waals surface area contributed by atoms with Crippen molar-refractivity contribution in [3.8, 4) is 0 Å². The Morgan fingerprint density at radius 3 is 2.35 bits per heavy atom. The van der Waals surface area contributed by atoms with Crippen LogP contribution in [0.5, 0.6) is 0 Å². The molecule has 0 saturated heterocycles. The zero-order valence-corrected chi connectivity index (χ0v) is 16.0. The van der Waals surface area contributed by atoms with E-state index in [1.54, 1.807) is 23.5 Å². The van der Waals surface area contributed by atoms with Crippen LogP contribution in [0.25, 0.3) is 0 Å². The summed E-state index contributed by atoms with van der Waals surface area (Å²) in [7, 11) is -3.76. The molecule has 1 aromatic heterocycles. The number of aryl methyl sites for hydroxylation is 1. The Labute approximate surface area is 156 Å². The van der Waals surface area contributed by atoms with Crippen molar-refractivity contribution in [2.45, 2.75) is 18.2 Å². The number of carbonyl (C=O) groups excluding carboxylic acids is 2. The van der Waals surface area contributed by atoms with Crippen molar-refractivity contribution in [1.82, 2.24) is 15.4 Å². The van der Waals surface area contributed by atoms with Gasteiger partial charge in [-0.25, -0.2) is 13.1 Å². The van der Waals surface area contributed by atoms with Gasteiger partial charge in [0.1, 0.15) is 0 Å². The van der Waals surface area contributed by atoms with Crippen LogP contribution in [0.3, 0.4) is 0 Å². The van der Waals surface area contributed by atoms with E-state index in [1.807, 2.05) is 24.4 Å². The second-order valence-corrected chi connectivity index (χ2v) is 8.39. The van der Waals surface area contributed by atoms with Gasteiger partial charge in [0.2, 0.25) is 21.8 Å². The first-order valence-electron chi connectivity index (χ1n) is 7.99. The lowest BCUT2D eigenvalue weighted by atomic mass is 10.2. The minimum atomic E-state index is -3.76. The van der Waals surface area contributed by atoms with E-state index in [4.69, 9.17) is 0 Å². The average Bonchev–Trinajstić information content (AvgIpc) is 3.12. The summed E-state index contributed by atoms with van der Waals surface area (Å²) in [5.74, 6) is -0.898. The molecule has 7 nitrogen and oxygen atoms in total. The summed E-state index contributed by atoms with van der Waals surface area (Å²) in [6, 6.07) is 10.2. The molecule has 0 spiro atoms. The molecule has 0 fully saturated rings. The lowest BCUT2D eigenvalue weighted by molar-refractivity contribution is -0.125. The summed E-state index contributed by atoms with van der Waals surface area (Å²) in [5.41, 5.74) is 0.937. The molecule has 2 aromatic rings. The van der Waals surface area contributed by atoms with Crippen LogP contribution >= 0.6 is 11.3 Å². The molecule has 26 heavy (non-hydrogen) atoms. The number of rotatable bonds is 9. The smallest absolute Gasteiger partial charge is 0.241 e. The third-order valence-corrected chi connectivity index (χ3v) is 5.83. The topological polar surface area (TPSA) is 104 Å². The first-order chi connectivity index (χ1) is 12.4. The fourth-order valence-electron chi connectivity index (χ4n) is 2.05. The highest BCUT2D eigenvalue weighted by molar-refractivity contribution is 7.89. The maximum absolute atomic E-state index is 12.1. The van der Waals surface area contributed by atoms with Gasteiger partial charge in [0.15, 0.2) is 0 Å². The van der Waals surface area contributed by atoms with Crippen LogP contribution in [0, 0.1) is 6.92 Å². The summed E-state index contributed by atoms with van der Waals surface area (Å²) >= 11 is 1.61. The maximum atomic E-state index is 12.1. The Morgan fingerprint density at radius 1 is 1.00 bits per heavy atom. The van der Waals surface area contributed by atoms with Gasteiger partial charge in [-0.1, -0.05) is 23.8 Å². The van der Waals surface area contributed by atoms with Gasteiger partial charge < -0.3 is 10.6 Å². The van der Waals surface area contributed by atoms with E-state index in [-0.39, 0.29) is 17.3 Å². The third kappa shape index (κ3) is 6.58. The first kappa shape index (κ1) is 20.1. The summed E-state index contributed by atoms with van der Waals surface area (Å²) < 4.78 is 26.4. The molecule has 2 amide bonds. The monoisotopic (exact) mass is 395 g/mol. The van der Waals surface area contributed by atoms with E-state index in [9.17, 15) is 18.0 Å². The number of benzene rings is 1. The predicted octanol–water partition coefficient (Wildman–Crippen LogP) is 0.810. The Bertz CT molecular complexity index is 831. The number of amides is 2. The lowest BCUT2D eigenvalue weighted by Crippen LogP contribution is -2.42. The predicted molar refractivity (Wildman–Crippen MR) is 100 cm³/mol. The molecule has 9 heteroatoms. The quantitative estimate of drug-likeness (QED) is 0.584. The van der Waals surface area contributed by atoms with Crippen molar-refractivity contribution >= 4 is 33.2 Å². The van der Waals surface area contributed by atoms with Crippen LogP contribution in [0.2, 0.25) is 0 Å². The normalized spacial score (nSPS) is 11.1. The van der Waals surface area contributed by atoms with Gasteiger partial charge in [-0.2, -0.15) is 0 Å². The Hall–Kier alpha value is -2.23.